The Morgan fingerprint density at radius 2 is 1.96 bits per heavy atom. The molecule has 0 saturated heterocycles. The summed E-state index contributed by atoms with van der Waals surface area (Å²) in [6, 6.07) is 11.6. The maximum Gasteiger partial charge on any atom is 0.340 e. The predicted octanol–water partition coefficient (Wildman–Crippen LogP) is 4.07. The highest BCUT2D eigenvalue weighted by molar-refractivity contribution is 6.30. The highest BCUT2D eigenvalue weighted by Gasteiger charge is 2.13. The van der Waals surface area contributed by atoms with E-state index in [0.717, 1.165) is 0 Å². The maximum atomic E-state index is 12.2. The summed E-state index contributed by atoms with van der Waals surface area (Å²) in [6.45, 7) is 2.01. The second-order valence-electron chi connectivity index (χ2n) is 4.85. The van der Waals surface area contributed by atoms with Gasteiger partial charge in [0.2, 0.25) is 0 Å². The monoisotopic (exact) mass is 347 g/mol. The molecule has 2 aromatic rings. The number of hydrogen-bond acceptors (Lipinski definition) is 5. The van der Waals surface area contributed by atoms with Gasteiger partial charge < -0.3 is 19.9 Å². The molecule has 0 atom stereocenters. The zero-order chi connectivity index (χ0) is 17.5. The first-order valence-electron chi connectivity index (χ1n) is 7.31. The average Bonchev–Trinajstić information content (AvgIpc) is 2.56. The zero-order valence-electron chi connectivity index (χ0n) is 13.4. The van der Waals surface area contributed by atoms with Crippen molar-refractivity contribution in [2.45, 2.75) is 6.92 Å². The second-order valence-corrected chi connectivity index (χ2v) is 5.29. The molecule has 0 aliphatic rings. The Labute approximate surface area is 145 Å². The summed E-state index contributed by atoms with van der Waals surface area (Å²) in [4.78, 5) is 12.2. The third-order valence-electron chi connectivity index (χ3n) is 3.16. The van der Waals surface area contributed by atoms with Gasteiger partial charge in [-0.1, -0.05) is 23.7 Å². The number of carbonyl (C=O) groups excluding carboxylic acids is 1. The quantitative estimate of drug-likeness (QED) is 0.609. The van der Waals surface area contributed by atoms with Gasteiger partial charge in [0, 0.05) is 35.1 Å². The standard InChI is InChI=1S/C18H18ClNO4/c1-3-24-18(22)17(12-4-6-13(19)7-5-12)11-20-14-8-15(21)10-16(9-14)23-2/h4-11,20-21H,3H2,1-2H3/b17-11-. The van der Waals surface area contributed by atoms with E-state index in [1.54, 1.807) is 37.3 Å². The van der Waals surface area contributed by atoms with Crippen LogP contribution in [0.4, 0.5) is 5.69 Å². The van der Waals surface area contributed by atoms with Crippen molar-refractivity contribution >= 4 is 28.8 Å². The lowest BCUT2D eigenvalue weighted by atomic mass is 10.1. The molecule has 0 fully saturated rings. The summed E-state index contributed by atoms with van der Waals surface area (Å²) >= 11 is 5.89. The highest BCUT2D eigenvalue weighted by atomic mass is 35.5. The number of benzene rings is 2. The number of methoxy groups -OCH3 is 1. The SMILES string of the molecule is CCOC(=O)/C(=C\Nc1cc(O)cc(OC)c1)c1ccc(Cl)cc1. The molecule has 0 spiro atoms. The molecule has 0 aromatic heterocycles. The van der Waals surface area contributed by atoms with Crippen molar-refractivity contribution in [3.8, 4) is 11.5 Å². The Morgan fingerprint density at radius 3 is 2.58 bits per heavy atom. The number of aromatic hydroxyl groups is 1. The van der Waals surface area contributed by atoms with Crippen molar-refractivity contribution in [3.05, 3.63) is 59.3 Å². The molecule has 0 aliphatic heterocycles. The Balaban J connectivity index is 2.32. The van der Waals surface area contributed by atoms with Crippen molar-refractivity contribution in [2.24, 2.45) is 0 Å². The first-order chi connectivity index (χ1) is 11.5. The summed E-state index contributed by atoms with van der Waals surface area (Å²) in [5.41, 5.74) is 1.58. The molecule has 2 N–H and O–H groups in total. The lowest BCUT2D eigenvalue weighted by Crippen LogP contribution is -2.08. The minimum atomic E-state index is -0.459. The predicted molar refractivity (Wildman–Crippen MR) is 94.3 cm³/mol. The van der Waals surface area contributed by atoms with Crippen LogP contribution in [-0.4, -0.2) is 24.8 Å². The molecule has 0 unspecified atom stereocenters. The van der Waals surface area contributed by atoms with Gasteiger partial charge >= 0.3 is 5.97 Å². The van der Waals surface area contributed by atoms with Gasteiger partial charge in [0.1, 0.15) is 11.5 Å². The van der Waals surface area contributed by atoms with E-state index in [1.807, 2.05) is 0 Å². The van der Waals surface area contributed by atoms with Gasteiger partial charge in [0.05, 0.1) is 19.3 Å². The maximum absolute atomic E-state index is 12.2. The van der Waals surface area contributed by atoms with E-state index in [0.29, 0.717) is 27.6 Å². The topological polar surface area (TPSA) is 67.8 Å². The lowest BCUT2D eigenvalue weighted by Gasteiger charge is -2.10. The molecule has 2 rings (SSSR count). The van der Waals surface area contributed by atoms with Crippen LogP contribution in [0.2, 0.25) is 5.02 Å². The van der Waals surface area contributed by atoms with Gasteiger partial charge in [-0.3, -0.25) is 0 Å². The summed E-state index contributed by atoms with van der Waals surface area (Å²) in [5.74, 6) is 0.0870. The van der Waals surface area contributed by atoms with Crippen molar-refractivity contribution in [1.82, 2.24) is 0 Å². The molecule has 6 heteroatoms. The molecule has 0 amide bonds. The molecule has 0 saturated carbocycles. The van der Waals surface area contributed by atoms with Crippen molar-refractivity contribution < 1.29 is 19.4 Å². The van der Waals surface area contributed by atoms with Crippen LogP contribution in [0.1, 0.15) is 12.5 Å². The number of carbonyl (C=O) groups is 1. The van der Waals surface area contributed by atoms with E-state index in [1.165, 1.54) is 25.4 Å². The highest BCUT2D eigenvalue weighted by Crippen LogP contribution is 2.26. The fourth-order valence-electron chi connectivity index (χ4n) is 2.04. The number of anilines is 1. The summed E-state index contributed by atoms with van der Waals surface area (Å²) in [7, 11) is 1.51. The molecule has 0 radical (unpaired) electrons. The van der Waals surface area contributed by atoms with E-state index >= 15 is 0 Å². The first kappa shape index (κ1) is 17.7. The number of ether oxygens (including phenoxy) is 2. The van der Waals surface area contributed by atoms with Gasteiger partial charge in [-0.25, -0.2) is 4.79 Å². The van der Waals surface area contributed by atoms with Crippen LogP contribution >= 0.6 is 11.6 Å². The average molecular weight is 348 g/mol. The smallest absolute Gasteiger partial charge is 0.340 e. The van der Waals surface area contributed by atoms with Crippen molar-refractivity contribution in [2.75, 3.05) is 19.0 Å². The van der Waals surface area contributed by atoms with E-state index in [2.05, 4.69) is 5.32 Å². The Hall–Kier alpha value is -2.66. The molecule has 0 aliphatic carbocycles. The molecular formula is C18H18ClNO4. The molecule has 24 heavy (non-hydrogen) atoms. The minimum absolute atomic E-state index is 0.0504. The van der Waals surface area contributed by atoms with Crippen LogP contribution in [0.5, 0.6) is 11.5 Å². The van der Waals surface area contributed by atoms with Crippen LogP contribution < -0.4 is 10.1 Å². The number of hydrogen-bond donors (Lipinski definition) is 2. The number of halogens is 1. The van der Waals surface area contributed by atoms with Gasteiger partial charge in [0.15, 0.2) is 0 Å². The summed E-state index contributed by atoms with van der Waals surface area (Å²) < 4.78 is 10.2. The van der Waals surface area contributed by atoms with Gasteiger partial charge in [0.25, 0.3) is 0 Å². The molecule has 0 heterocycles. The Kier molecular flexibility index (Phi) is 6.09. The molecule has 126 valence electrons. The fraction of sp³-hybridized carbons (Fsp3) is 0.167. The van der Waals surface area contributed by atoms with E-state index in [-0.39, 0.29) is 12.4 Å². The molecule has 0 bridgehead atoms. The third-order valence-corrected chi connectivity index (χ3v) is 3.41. The van der Waals surface area contributed by atoms with Crippen LogP contribution in [-0.2, 0) is 9.53 Å². The van der Waals surface area contributed by atoms with Crippen LogP contribution in [0, 0.1) is 0 Å². The van der Waals surface area contributed by atoms with E-state index in [4.69, 9.17) is 21.1 Å². The Bertz CT molecular complexity index is 741. The van der Waals surface area contributed by atoms with Crippen molar-refractivity contribution in [1.29, 1.82) is 0 Å². The van der Waals surface area contributed by atoms with Gasteiger partial charge in [-0.05, 0) is 24.6 Å². The van der Waals surface area contributed by atoms with Crippen LogP contribution in [0.25, 0.3) is 5.57 Å². The number of phenols is 1. The Morgan fingerprint density at radius 1 is 1.25 bits per heavy atom. The number of rotatable bonds is 6. The minimum Gasteiger partial charge on any atom is -0.508 e. The van der Waals surface area contributed by atoms with Gasteiger partial charge in [-0.15, -0.1) is 0 Å². The summed E-state index contributed by atoms with van der Waals surface area (Å²) in [5, 5.41) is 13.2. The van der Waals surface area contributed by atoms with Gasteiger partial charge in [-0.2, -0.15) is 0 Å². The largest absolute Gasteiger partial charge is 0.508 e. The number of nitrogens with one attached hydrogen (secondary N) is 1. The first-order valence-corrected chi connectivity index (χ1v) is 7.69. The molecule has 5 nitrogen and oxygen atoms in total. The number of phenolic OH excluding ortho intramolecular Hbond substituents is 1. The molecular weight excluding hydrogens is 330 g/mol. The second kappa shape index (κ2) is 8.26. The fourth-order valence-corrected chi connectivity index (χ4v) is 2.16. The van der Waals surface area contributed by atoms with E-state index < -0.39 is 5.97 Å². The number of esters is 1. The van der Waals surface area contributed by atoms with Crippen LogP contribution in [0.3, 0.4) is 0 Å². The van der Waals surface area contributed by atoms with Crippen molar-refractivity contribution in [3.63, 3.8) is 0 Å². The normalized spacial score (nSPS) is 11.0. The summed E-state index contributed by atoms with van der Waals surface area (Å²) in [6.07, 6.45) is 1.52. The van der Waals surface area contributed by atoms with Crippen LogP contribution in [0.15, 0.2) is 48.7 Å². The van der Waals surface area contributed by atoms with E-state index in [9.17, 15) is 9.90 Å². The lowest BCUT2D eigenvalue weighted by molar-refractivity contribution is -0.136. The third kappa shape index (κ3) is 4.67. The molecule has 2 aromatic carbocycles. The zero-order valence-corrected chi connectivity index (χ0v) is 14.1.